The predicted molar refractivity (Wildman–Crippen MR) is 91.9 cm³/mol. The van der Waals surface area contributed by atoms with Gasteiger partial charge in [0, 0.05) is 18.7 Å². The third kappa shape index (κ3) is 2.50. The number of piperidine rings is 1. The molecule has 0 atom stereocenters. The van der Waals surface area contributed by atoms with Crippen LogP contribution in [-0.4, -0.2) is 28.0 Å². The van der Waals surface area contributed by atoms with Crippen LogP contribution in [0.4, 0.5) is 5.82 Å². The van der Waals surface area contributed by atoms with Crippen LogP contribution in [0, 0.1) is 20.8 Å². The second-order valence-electron chi connectivity index (χ2n) is 6.41. The smallest absolute Gasteiger partial charge is 0.156 e. The number of hydrogen-bond donors (Lipinski definition) is 1. The van der Waals surface area contributed by atoms with E-state index in [0.717, 1.165) is 58.5 Å². The summed E-state index contributed by atoms with van der Waals surface area (Å²) in [6.45, 7) is 8.08. The second kappa shape index (κ2) is 5.41. The largest absolute Gasteiger partial charge is 0.466 e. The fraction of sp³-hybridized carbons (Fsp3) is 0.444. The van der Waals surface area contributed by atoms with Crippen LogP contribution in [-0.2, 0) is 0 Å². The Hall–Kier alpha value is -2.30. The Labute approximate surface area is 135 Å². The van der Waals surface area contributed by atoms with E-state index in [1.807, 2.05) is 20.8 Å². The first kappa shape index (κ1) is 14.3. The van der Waals surface area contributed by atoms with E-state index in [1.54, 1.807) is 0 Å². The van der Waals surface area contributed by atoms with E-state index in [1.165, 1.54) is 19.3 Å². The zero-order valence-electron chi connectivity index (χ0n) is 13.9. The second-order valence-corrected chi connectivity index (χ2v) is 6.41. The van der Waals surface area contributed by atoms with Gasteiger partial charge in [-0.3, -0.25) is 0 Å². The third-order valence-corrected chi connectivity index (χ3v) is 4.56. The van der Waals surface area contributed by atoms with E-state index in [0.29, 0.717) is 0 Å². The van der Waals surface area contributed by atoms with Crippen molar-refractivity contribution in [2.45, 2.75) is 40.0 Å². The molecule has 3 aromatic rings. The van der Waals surface area contributed by atoms with E-state index >= 15 is 0 Å². The van der Waals surface area contributed by atoms with Gasteiger partial charge in [0.15, 0.2) is 5.82 Å². The van der Waals surface area contributed by atoms with Crippen LogP contribution in [0.5, 0.6) is 0 Å². The molecule has 0 unspecified atom stereocenters. The lowest BCUT2D eigenvalue weighted by Crippen LogP contribution is -2.30. The fourth-order valence-electron chi connectivity index (χ4n) is 3.49. The van der Waals surface area contributed by atoms with Crippen molar-refractivity contribution in [3.63, 3.8) is 0 Å². The summed E-state index contributed by atoms with van der Waals surface area (Å²) in [7, 11) is 0. The van der Waals surface area contributed by atoms with Crippen LogP contribution in [0.2, 0.25) is 0 Å². The molecule has 3 aromatic heterocycles. The molecular weight excluding hydrogens is 288 g/mol. The Balaban J connectivity index is 1.86. The summed E-state index contributed by atoms with van der Waals surface area (Å²) in [6, 6.07) is 4.18. The lowest BCUT2D eigenvalue weighted by molar-refractivity contribution is 0.505. The van der Waals surface area contributed by atoms with Crippen LogP contribution >= 0.6 is 0 Å². The lowest BCUT2D eigenvalue weighted by atomic mass is 10.1. The topological polar surface area (TPSA) is 58.0 Å². The molecule has 0 aliphatic carbocycles. The van der Waals surface area contributed by atoms with Crippen LogP contribution in [0.1, 0.15) is 36.6 Å². The molecule has 0 amide bonds. The van der Waals surface area contributed by atoms with Gasteiger partial charge in [0.05, 0.1) is 11.2 Å². The number of aromatic amines is 1. The van der Waals surface area contributed by atoms with Crippen LogP contribution in [0.25, 0.3) is 22.3 Å². The number of anilines is 1. The van der Waals surface area contributed by atoms with Crippen molar-refractivity contribution in [1.29, 1.82) is 0 Å². The summed E-state index contributed by atoms with van der Waals surface area (Å²) in [5.41, 5.74) is 4.16. The molecule has 1 fully saturated rings. The first-order valence-corrected chi connectivity index (χ1v) is 8.31. The van der Waals surface area contributed by atoms with Crippen LogP contribution in [0.15, 0.2) is 16.5 Å². The quantitative estimate of drug-likeness (QED) is 0.773. The van der Waals surface area contributed by atoms with Gasteiger partial charge in [0.2, 0.25) is 0 Å². The zero-order valence-corrected chi connectivity index (χ0v) is 13.9. The number of fused-ring (bicyclic) bond motifs is 1. The standard InChI is InChI=1S/C18H22N4O/c1-11-9-14(12(2)23-11)15-10-16-17(21-15)18(20-13(3)19-16)22-7-5-4-6-8-22/h9-10,21H,4-8H2,1-3H3. The highest BCUT2D eigenvalue weighted by atomic mass is 16.3. The van der Waals surface area contributed by atoms with Crippen LogP contribution < -0.4 is 4.90 Å². The average Bonchev–Trinajstić information content (AvgIpc) is 3.09. The van der Waals surface area contributed by atoms with Crippen molar-refractivity contribution in [1.82, 2.24) is 15.0 Å². The highest BCUT2D eigenvalue weighted by Gasteiger charge is 2.19. The Kier molecular flexibility index (Phi) is 3.36. The summed E-state index contributed by atoms with van der Waals surface area (Å²) in [6.07, 6.45) is 3.78. The highest BCUT2D eigenvalue weighted by molar-refractivity contribution is 5.91. The molecule has 1 aliphatic rings. The Morgan fingerprint density at radius 2 is 1.83 bits per heavy atom. The molecule has 1 aliphatic heterocycles. The number of nitrogens with zero attached hydrogens (tertiary/aromatic N) is 3. The van der Waals surface area contributed by atoms with E-state index in [2.05, 4.69) is 27.0 Å². The first-order chi connectivity index (χ1) is 11.1. The number of rotatable bonds is 2. The number of H-pyrrole nitrogens is 1. The molecule has 4 rings (SSSR count). The monoisotopic (exact) mass is 310 g/mol. The number of hydrogen-bond acceptors (Lipinski definition) is 4. The summed E-state index contributed by atoms with van der Waals surface area (Å²) >= 11 is 0. The third-order valence-electron chi connectivity index (χ3n) is 4.56. The minimum absolute atomic E-state index is 0.823. The molecular formula is C18H22N4O. The van der Waals surface area contributed by atoms with Gasteiger partial charge in [-0.1, -0.05) is 0 Å². The van der Waals surface area contributed by atoms with Gasteiger partial charge in [-0.2, -0.15) is 0 Å². The number of nitrogens with one attached hydrogen (secondary N) is 1. The maximum Gasteiger partial charge on any atom is 0.156 e. The average molecular weight is 310 g/mol. The minimum atomic E-state index is 0.823. The van der Waals surface area contributed by atoms with Crippen LogP contribution in [0.3, 0.4) is 0 Å². The maximum atomic E-state index is 5.67. The van der Waals surface area contributed by atoms with Gasteiger partial charge in [0.1, 0.15) is 22.9 Å². The van der Waals surface area contributed by atoms with Crippen molar-refractivity contribution in [3.05, 3.63) is 29.5 Å². The van der Waals surface area contributed by atoms with Crippen molar-refractivity contribution in [2.75, 3.05) is 18.0 Å². The van der Waals surface area contributed by atoms with E-state index in [4.69, 9.17) is 9.40 Å². The van der Waals surface area contributed by atoms with Crippen molar-refractivity contribution in [3.8, 4) is 11.3 Å². The molecule has 0 radical (unpaired) electrons. The van der Waals surface area contributed by atoms with Gasteiger partial charge in [-0.25, -0.2) is 9.97 Å². The molecule has 5 nitrogen and oxygen atoms in total. The molecule has 5 heteroatoms. The molecule has 0 spiro atoms. The fourth-order valence-corrected chi connectivity index (χ4v) is 3.49. The molecule has 23 heavy (non-hydrogen) atoms. The molecule has 120 valence electrons. The molecule has 0 saturated carbocycles. The Morgan fingerprint density at radius 1 is 1.04 bits per heavy atom. The predicted octanol–water partition coefficient (Wildman–Crippen LogP) is 4.13. The number of furan rings is 1. The van der Waals surface area contributed by atoms with Gasteiger partial charge in [-0.15, -0.1) is 0 Å². The van der Waals surface area contributed by atoms with Crippen molar-refractivity contribution in [2.24, 2.45) is 0 Å². The summed E-state index contributed by atoms with van der Waals surface area (Å²) in [5.74, 6) is 3.72. The van der Waals surface area contributed by atoms with Gasteiger partial charge in [0.25, 0.3) is 0 Å². The molecule has 0 aromatic carbocycles. The van der Waals surface area contributed by atoms with Crippen molar-refractivity contribution < 1.29 is 4.42 Å². The Morgan fingerprint density at radius 3 is 2.52 bits per heavy atom. The normalized spacial score (nSPS) is 15.5. The zero-order chi connectivity index (χ0) is 16.0. The highest BCUT2D eigenvalue weighted by Crippen LogP contribution is 2.32. The SMILES string of the molecule is Cc1nc(N2CCCCC2)c2[nH]c(-c3cc(C)oc3C)cc2n1. The minimum Gasteiger partial charge on any atom is -0.466 e. The molecule has 4 heterocycles. The first-order valence-electron chi connectivity index (χ1n) is 8.31. The summed E-state index contributed by atoms with van der Waals surface area (Å²) in [4.78, 5) is 15.2. The summed E-state index contributed by atoms with van der Waals surface area (Å²) < 4.78 is 5.67. The lowest BCUT2D eigenvalue weighted by Gasteiger charge is -2.28. The molecule has 1 saturated heterocycles. The maximum absolute atomic E-state index is 5.67. The van der Waals surface area contributed by atoms with E-state index in [9.17, 15) is 0 Å². The molecule has 0 bridgehead atoms. The van der Waals surface area contributed by atoms with Crippen molar-refractivity contribution >= 4 is 16.9 Å². The summed E-state index contributed by atoms with van der Waals surface area (Å²) in [5, 5.41) is 0. The van der Waals surface area contributed by atoms with E-state index < -0.39 is 0 Å². The van der Waals surface area contributed by atoms with Gasteiger partial charge < -0.3 is 14.3 Å². The van der Waals surface area contributed by atoms with E-state index in [-0.39, 0.29) is 0 Å². The number of aryl methyl sites for hydroxylation is 3. The van der Waals surface area contributed by atoms with Gasteiger partial charge in [-0.05, 0) is 52.2 Å². The molecule has 1 N–H and O–H groups in total. The Bertz CT molecular complexity index is 855. The van der Waals surface area contributed by atoms with Gasteiger partial charge >= 0.3 is 0 Å². The number of aromatic nitrogens is 3.